The van der Waals surface area contributed by atoms with Gasteiger partial charge in [-0.15, -0.1) is 0 Å². The maximum Gasteiger partial charge on any atom is 0.239 e. The number of hydrogen-bond donors (Lipinski definition) is 2. The molecule has 0 spiro atoms. The smallest absolute Gasteiger partial charge is 0.239 e. The molecule has 1 amide bonds. The molecule has 0 radical (unpaired) electrons. The Morgan fingerprint density at radius 2 is 2.17 bits per heavy atom. The van der Waals surface area contributed by atoms with E-state index < -0.39 is 0 Å². The average molecular weight is 245 g/mol. The quantitative estimate of drug-likeness (QED) is 0.846. The Morgan fingerprint density at radius 3 is 2.83 bits per heavy atom. The summed E-state index contributed by atoms with van der Waals surface area (Å²) in [6.07, 6.45) is 0. The van der Waals surface area contributed by atoms with E-state index in [1.165, 1.54) is 0 Å². The van der Waals surface area contributed by atoms with Crippen molar-refractivity contribution in [3.63, 3.8) is 0 Å². The van der Waals surface area contributed by atoms with Gasteiger partial charge in [0.15, 0.2) is 0 Å². The van der Waals surface area contributed by atoms with E-state index in [9.17, 15) is 4.79 Å². The number of fused-ring (bicyclic) bond motifs is 1. The maximum atomic E-state index is 11.8. The van der Waals surface area contributed by atoms with Gasteiger partial charge in [0.2, 0.25) is 5.91 Å². The van der Waals surface area contributed by atoms with Gasteiger partial charge >= 0.3 is 0 Å². The highest BCUT2D eigenvalue weighted by Gasteiger charge is 2.24. The third-order valence-corrected chi connectivity index (χ3v) is 2.99. The third kappa shape index (κ3) is 2.70. The van der Waals surface area contributed by atoms with Crippen LogP contribution in [0.5, 0.6) is 0 Å². The lowest BCUT2D eigenvalue weighted by Crippen LogP contribution is -2.38. The van der Waals surface area contributed by atoms with Crippen molar-refractivity contribution in [1.82, 2.24) is 10.2 Å². The molecule has 2 rings (SSSR count). The molecule has 1 aromatic rings. The van der Waals surface area contributed by atoms with Crippen LogP contribution in [0.2, 0.25) is 0 Å². The van der Waals surface area contributed by atoms with Gasteiger partial charge in [-0.2, -0.15) is 0 Å². The summed E-state index contributed by atoms with van der Waals surface area (Å²) in [7, 11) is 0. The number of amides is 1. The molecule has 2 N–H and O–H groups in total. The van der Waals surface area contributed by atoms with Crippen molar-refractivity contribution in [1.29, 1.82) is 5.41 Å². The van der Waals surface area contributed by atoms with Crippen LogP contribution in [0.25, 0.3) is 0 Å². The Labute approximate surface area is 108 Å². The van der Waals surface area contributed by atoms with Gasteiger partial charge in [0.1, 0.15) is 5.84 Å². The van der Waals surface area contributed by atoms with Gasteiger partial charge in [0.05, 0.1) is 6.54 Å². The topological polar surface area (TPSA) is 56.2 Å². The molecule has 96 valence electrons. The van der Waals surface area contributed by atoms with Gasteiger partial charge in [0.25, 0.3) is 0 Å². The summed E-state index contributed by atoms with van der Waals surface area (Å²) in [5.74, 6) is 0.885. The van der Waals surface area contributed by atoms with Crippen molar-refractivity contribution in [2.45, 2.75) is 20.4 Å². The Kier molecular flexibility index (Phi) is 3.65. The second kappa shape index (κ2) is 5.21. The summed E-state index contributed by atoms with van der Waals surface area (Å²) < 4.78 is 0. The lowest BCUT2D eigenvalue weighted by molar-refractivity contribution is -0.121. The Morgan fingerprint density at radius 1 is 1.44 bits per heavy atom. The molecule has 0 atom stereocenters. The molecule has 1 aliphatic rings. The zero-order chi connectivity index (χ0) is 13.1. The first-order chi connectivity index (χ1) is 8.58. The van der Waals surface area contributed by atoms with Crippen LogP contribution < -0.4 is 5.32 Å². The summed E-state index contributed by atoms with van der Waals surface area (Å²) in [5.41, 5.74) is 2.06. The zero-order valence-corrected chi connectivity index (χ0v) is 10.9. The van der Waals surface area contributed by atoms with Gasteiger partial charge in [-0.3, -0.25) is 10.2 Å². The maximum absolute atomic E-state index is 11.8. The fourth-order valence-electron chi connectivity index (χ4n) is 2.03. The van der Waals surface area contributed by atoms with Crippen LogP contribution in [0.3, 0.4) is 0 Å². The Balaban J connectivity index is 1.94. The molecule has 0 unspecified atom stereocenters. The predicted octanol–water partition coefficient (Wildman–Crippen LogP) is 1.60. The van der Waals surface area contributed by atoms with Crippen molar-refractivity contribution < 1.29 is 4.79 Å². The molecule has 0 fully saturated rings. The third-order valence-electron chi connectivity index (χ3n) is 2.99. The van der Waals surface area contributed by atoms with Gasteiger partial charge in [-0.1, -0.05) is 38.1 Å². The van der Waals surface area contributed by atoms with Crippen molar-refractivity contribution in [3.05, 3.63) is 35.4 Å². The lowest BCUT2D eigenvalue weighted by atomic mass is 10.1. The molecule has 4 nitrogen and oxygen atoms in total. The molecular formula is C14H19N3O. The summed E-state index contributed by atoms with van der Waals surface area (Å²) in [6, 6.07) is 7.84. The monoisotopic (exact) mass is 245 g/mol. The van der Waals surface area contributed by atoms with Crippen LogP contribution in [-0.4, -0.2) is 29.7 Å². The summed E-state index contributed by atoms with van der Waals surface area (Å²) >= 11 is 0. The van der Waals surface area contributed by atoms with E-state index >= 15 is 0 Å². The van der Waals surface area contributed by atoms with Gasteiger partial charge in [0, 0.05) is 18.7 Å². The van der Waals surface area contributed by atoms with Crippen LogP contribution in [0.1, 0.15) is 25.0 Å². The van der Waals surface area contributed by atoms with Gasteiger partial charge in [-0.05, 0) is 11.5 Å². The fourth-order valence-corrected chi connectivity index (χ4v) is 2.03. The van der Waals surface area contributed by atoms with Crippen LogP contribution in [-0.2, 0) is 11.3 Å². The molecule has 0 aromatic heterocycles. The van der Waals surface area contributed by atoms with Gasteiger partial charge < -0.3 is 10.2 Å². The molecule has 0 aliphatic carbocycles. The van der Waals surface area contributed by atoms with E-state index in [1.54, 1.807) is 4.90 Å². The molecule has 1 aliphatic heterocycles. The van der Waals surface area contributed by atoms with Gasteiger partial charge in [-0.25, -0.2) is 0 Å². The Hall–Kier alpha value is -1.84. The number of hydrogen-bond acceptors (Lipinski definition) is 2. The van der Waals surface area contributed by atoms with E-state index in [0.717, 1.165) is 11.1 Å². The predicted molar refractivity (Wildman–Crippen MR) is 71.5 cm³/mol. The molecule has 4 heteroatoms. The molecule has 18 heavy (non-hydrogen) atoms. The van der Waals surface area contributed by atoms with Crippen molar-refractivity contribution >= 4 is 11.7 Å². The molecule has 0 bridgehead atoms. The summed E-state index contributed by atoms with van der Waals surface area (Å²) in [5, 5.41) is 10.9. The number of nitrogens with one attached hydrogen (secondary N) is 2. The van der Waals surface area contributed by atoms with Crippen LogP contribution in [0.4, 0.5) is 0 Å². The standard InChI is InChI=1S/C14H19N3O/c1-10(2)7-16-13(18)9-17-8-11-5-3-4-6-12(11)14(17)15/h3-6,10,15H,7-9H2,1-2H3,(H,16,18). The van der Waals surface area contributed by atoms with E-state index in [2.05, 4.69) is 19.2 Å². The molecule has 1 heterocycles. The number of amidine groups is 1. The van der Waals surface area contributed by atoms with Crippen molar-refractivity contribution in [2.24, 2.45) is 5.92 Å². The highest BCUT2D eigenvalue weighted by molar-refractivity contribution is 6.01. The first-order valence-electron chi connectivity index (χ1n) is 6.26. The second-order valence-electron chi connectivity index (χ2n) is 5.06. The van der Waals surface area contributed by atoms with Crippen LogP contribution in [0, 0.1) is 11.3 Å². The highest BCUT2D eigenvalue weighted by atomic mass is 16.2. The molecule has 0 saturated carbocycles. The number of carbonyl (C=O) groups excluding carboxylic acids is 1. The zero-order valence-electron chi connectivity index (χ0n) is 10.9. The largest absolute Gasteiger partial charge is 0.354 e. The first kappa shape index (κ1) is 12.6. The van der Waals surface area contributed by atoms with Crippen LogP contribution in [0.15, 0.2) is 24.3 Å². The fraction of sp³-hybridized carbons (Fsp3) is 0.429. The van der Waals surface area contributed by atoms with Crippen molar-refractivity contribution in [3.8, 4) is 0 Å². The SMILES string of the molecule is CC(C)CNC(=O)CN1Cc2ccccc2C1=N. The lowest BCUT2D eigenvalue weighted by Gasteiger charge is -2.17. The molecule has 0 saturated heterocycles. The minimum atomic E-state index is -0.0127. The number of carbonyl (C=O) groups is 1. The second-order valence-corrected chi connectivity index (χ2v) is 5.06. The average Bonchev–Trinajstić information content (AvgIpc) is 2.65. The summed E-state index contributed by atoms with van der Waals surface area (Å²) in [6.45, 7) is 5.74. The first-order valence-corrected chi connectivity index (χ1v) is 6.26. The number of nitrogens with zero attached hydrogens (tertiary/aromatic N) is 1. The van der Waals surface area contributed by atoms with E-state index in [0.29, 0.717) is 24.8 Å². The molecular weight excluding hydrogens is 226 g/mol. The summed E-state index contributed by atoms with van der Waals surface area (Å²) in [4.78, 5) is 13.6. The van der Waals surface area contributed by atoms with Crippen LogP contribution >= 0.6 is 0 Å². The van der Waals surface area contributed by atoms with E-state index in [4.69, 9.17) is 5.41 Å². The van der Waals surface area contributed by atoms with Crippen molar-refractivity contribution in [2.75, 3.05) is 13.1 Å². The highest BCUT2D eigenvalue weighted by Crippen LogP contribution is 2.21. The minimum Gasteiger partial charge on any atom is -0.354 e. The normalized spacial score (nSPS) is 13.9. The minimum absolute atomic E-state index is 0.0127. The van der Waals surface area contributed by atoms with E-state index in [1.807, 2.05) is 24.3 Å². The molecule has 1 aromatic carbocycles. The Bertz CT molecular complexity index is 468. The van der Waals surface area contributed by atoms with E-state index in [-0.39, 0.29) is 12.5 Å². The number of benzene rings is 1. The number of rotatable bonds is 4.